The second-order valence-electron chi connectivity index (χ2n) is 2.94. The highest BCUT2D eigenvalue weighted by Crippen LogP contribution is 1.92. The zero-order chi connectivity index (χ0) is 10.4. The Bertz CT molecular complexity index is 320. The zero-order valence-corrected chi connectivity index (χ0v) is 8.06. The van der Waals surface area contributed by atoms with Crippen LogP contribution in [0.2, 0.25) is 0 Å². The fourth-order valence-electron chi connectivity index (χ4n) is 1.01. The summed E-state index contributed by atoms with van der Waals surface area (Å²) in [4.78, 5) is 25.3. The van der Waals surface area contributed by atoms with E-state index in [2.05, 4.69) is 10.3 Å². The summed E-state index contributed by atoms with van der Waals surface area (Å²) in [5.41, 5.74) is 0.341. The Morgan fingerprint density at radius 1 is 1.71 bits per heavy atom. The Morgan fingerprint density at radius 3 is 3.07 bits per heavy atom. The van der Waals surface area contributed by atoms with E-state index in [0.29, 0.717) is 18.5 Å². The second-order valence-corrected chi connectivity index (χ2v) is 2.94. The topological polar surface area (TPSA) is 64.0 Å². The van der Waals surface area contributed by atoms with Crippen molar-refractivity contribution in [3.63, 3.8) is 0 Å². The molecule has 0 aliphatic carbocycles. The fourth-order valence-corrected chi connectivity index (χ4v) is 1.01. The lowest BCUT2D eigenvalue weighted by molar-refractivity contribution is -0.121. The molecule has 0 radical (unpaired) electrons. The average molecular weight is 195 g/mol. The highest BCUT2D eigenvalue weighted by atomic mass is 16.2. The smallest absolute Gasteiger partial charge is 0.239 e. The van der Waals surface area contributed by atoms with Gasteiger partial charge >= 0.3 is 0 Å². The number of carbonyl (C=O) groups excluding carboxylic acids is 2. The molecule has 0 fully saturated rings. The van der Waals surface area contributed by atoms with Gasteiger partial charge in [0.25, 0.3) is 0 Å². The molecule has 1 aromatic rings. The summed E-state index contributed by atoms with van der Waals surface area (Å²) >= 11 is 0. The van der Waals surface area contributed by atoms with Crippen molar-refractivity contribution in [2.75, 3.05) is 6.54 Å². The van der Waals surface area contributed by atoms with Crippen molar-refractivity contribution >= 4 is 12.2 Å². The van der Waals surface area contributed by atoms with Crippen molar-refractivity contribution in [2.45, 2.75) is 19.9 Å². The first-order valence-corrected chi connectivity index (χ1v) is 4.50. The van der Waals surface area contributed by atoms with E-state index in [1.54, 1.807) is 10.8 Å². The van der Waals surface area contributed by atoms with Gasteiger partial charge < -0.3 is 9.88 Å². The standard InChI is InChI=1S/C9H13N3O2/c1-2-3-10-9(14)5-12-4-8(6-13)11-7-12/h4,6-7H,2-3,5H2,1H3,(H,10,14). The molecule has 0 saturated carbocycles. The fraction of sp³-hybridized carbons (Fsp3) is 0.444. The third kappa shape index (κ3) is 3.01. The SMILES string of the molecule is CCCNC(=O)Cn1cnc(C=O)c1. The Morgan fingerprint density at radius 2 is 2.50 bits per heavy atom. The lowest BCUT2D eigenvalue weighted by Crippen LogP contribution is -2.27. The maximum atomic E-state index is 11.2. The van der Waals surface area contributed by atoms with Crippen LogP contribution in [0.5, 0.6) is 0 Å². The van der Waals surface area contributed by atoms with E-state index in [1.807, 2.05) is 6.92 Å². The van der Waals surface area contributed by atoms with Crippen LogP contribution in [-0.4, -0.2) is 28.3 Å². The van der Waals surface area contributed by atoms with Crippen LogP contribution in [0.25, 0.3) is 0 Å². The molecular weight excluding hydrogens is 182 g/mol. The van der Waals surface area contributed by atoms with E-state index in [1.165, 1.54) is 6.33 Å². The van der Waals surface area contributed by atoms with Crippen LogP contribution in [0.4, 0.5) is 0 Å². The third-order valence-corrected chi connectivity index (χ3v) is 1.67. The molecule has 0 bridgehead atoms. The van der Waals surface area contributed by atoms with Crippen molar-refractivity contribution in [3.05, 3.63) is 18.2 Å². The molecule has 0 saturated heterocycles. The number of carbonyl (C=O) groups is 2. The zero-order valence-electron chi connectivity index (χ0n) is 8.06. The predicted octanol–water partition coefficient (Wildman–Crippen LogP) is 0.222. The van der Waals surface area contributed by atoms with Crippen LogP contribution in [0.15, 0.2) is 12.5 Å². The van der Waals surface area contributed by atoms with E-state index in [0.717, 1.165) is 6.42 Å². The number of nitrogens with zero attached hydrogens (tertiary/aromatic N) is 2. The Kier molecular flexibility index (Phi) is 3.84. The number of imidazole rings is 1. The Balaban J connectivity index is 2.43. The number of aldehydes is 1. The van der Waals surface area contributed by atoms with Crippen molar-refractivity contribution in [1.29, 1.82) is 0 Å². The third-order valence-electron chi connectivity index (χ3n) is 1.67. The van der Waals surface area contributed by atoms with Gasteiger partial charge in [0.1, 0.15) is 12.2 Å². The first-order valence-electron chi connectivity index (χ1n) is 4.50. The number of rotatable bonds is 5. The molecule has 0 aliphatic heterocycles. The molecule has 1 N–H and O–H groups in total. The normalized spacial score (nSPS) is 9.79. The van der Waals surface area contributed by atoms with E-state index in [-0.39, 0.29) is 12.5 Å². The van der Waals surface area contributed by atoms with Gasteiger partial charge in [0.2, 0.25) is 5.91 Å². The first-order chi connectivity index (χ1) is 6.76. The summed E-state index contributed by atoms with van der Waals surface area (Å²) in [6.07, 6.45) is 4.57. The van der Waals surface area contributed by atoms with Gasteiger partial charge in [-0.15, -0.1) is 0 Å². The van der Waals surface area contributed by atoms with Crippen LogP contribution < -0.4 is 5.32 Å². The van der Waals surface area contributed by atoms with Gasteiger partial charge in [-0.05, 0) is 6.42 Å². The summed E-state index contributed by atoms with van der Waals surface area (Å²) in [7, 11) is 0. The molecule has 0 aromatic carbocycles. The van der Waals surface area contributed by atoms with E-state index >= 15 is 0 Å². The number of aromatic nitrogens is 2. The van der Waals surface area contributed by atoms with Crippen molar-refractivity contribution in [1.82, 2.24) is 14.9 Å². The molecule has 76 valence electrons. The minimum atomic E-state index is -0.0679. The summed E-state index contributed by atoms with van der Waals surface area (Å²) in [6, 6.07) is 0. The lowest BCUT2D eigenvalue weighted by Gasteiger charge is -2.02. The molecule has 1 heterocycles. The van der Waals surface area contributed by atoms with Crippen LogP contribution in [0.3, 0.4) is 0 Å². The molecule has 14 heavy (non-hydrogen) atoms. The van der Waals surface area contributed by atoms with Gasteiger partial charge in [-0.3, -0.25) is 9.59 Å². The second kappa shape index (κ2) is 5.16. The summed E-state index contributed by atoms with van der Waals surface area (Å²) < 4.78 is 1.58. The van der Waals surface area contributed by atoms with Crippen LogP contribution >= 0.6 is 0 Å². The highest BCUT2D eigenvalue weighted by molar-refractivity contribution is 5.76. The molecule has 0 atom stereocenters. The number of hydrogen-bond donors (Lipinski definition) is 1. The van der Waals surface area contributed by atoms with Crippen molar-refractivity contribution in [2.24, 2.45) is 0 Å². The molecule has 1 rings (SSSR count). The molecule has 0 aliphatic rings. The van der Waals surface area contributed by atoms with Crippen LogP contribution in [0.1, 0.15) is 23.8 Å². The first kappa shape index (κ1) is 10.4. The van der Waals surface area contributed by atoms with Crippen molar-refractivity contribution < 1.29 is 9.59 Å². The highest BCUT2D eigenvalue weighted by Gasteiger charge is 2.02. The maximum Gasteiger partial charge on any atom is 0.239 e. The maximum absolute atomic E-state index is 11.2. The average Bonchev–Trinajstić information content (AvgIpc) is 2.62. The monoisotopic (exact) mass is 195 g/mol. The predicted molar refractivity (Wildman–Crippen MR) is 50.9 cm³/mol. The van der Waals surface area contributed by atoms with Gasteiger partial charge in [0, 0.05) is 12.7 Å². The van der Waals surface area contributed by atoms with Gasteiger partial charge in [0.05, 0.1) is 6.33 Å². The number of nitrogens with one attached hydrogen (secondary N) is 1. The Labute approximate surface area is 82.1 Å². The molecule has 1 aromatic heterocycles. The minimum Gasteiger partial charge on any atom is -0.355 e. The van der Waals surface area contributed by atoms with Gasteiger partial charge in [-0.2, -0.15) is 0 Å². The Hall–Kier alpha value is -1.65. The summed E-state index contributed by atoms with van der Waals surface area (Å²) in [5.74, 6) is -0.0679. The van der Waals surface area contributed by atoms with Crippen LogP contribution in [-0.2, 0) is 11.3 Å². The van der Waals surface area contributed by atoms with Gasteiger partial charge in [0.15, 0.2) is 6.29 Å². The molecule has 0 spiro atoms. The van der Waals surface area contributed by atoms with Gasteiger partial charge in [-0.1, -0.05) is 6.92 Å². The van der Waals surface area contributed by atoms with Crippen LogP contribution in [0, 0.1) is 0 Å². The summed E-state index contributed by atoms with van der Waals surface area (Å²) in [5, 5.41) is 2.73. The largest absolute Gasteiger partial charge is 0.355 e. The molecule has 0 unspecified atom stereocenters. The molecule has 5 nitrogen and oxygen atoms in total. The number of amides is 1. The van der Waals surface area contributed by atoms with Crippen molar-refractivity contribution in [3.8, 4) is 0 Å². The summed E-state index contributed by atoms with van der Waals surface area (Å²) in [6.45, 7) is 2.87. The molecule has 1 amide bonds. The van der Waals surface area contributed by atoms with E-state index < -0.39 is 0 Å². The number of hydrogen-bond acceptors (Lipinski definition) is 3. The molecule has 5 heteroatoms. The van der Waals surface area contributed by atoms with E-state index in [4.69, 9.17) is 0 Å². The van der Waals surface area contributed by atoms with Gasteiger partial charge in [-0.25, -0.2) is 4.98 Å². The quantitative estimate of drug-likeness (QED) is 0.684. The molecular formula is C9H13N3O2. The van der Waals surface area contributed by atoms with E-state index in [9.17, 15) is 9.59 Å². The minimum absolute atomic E-state index is 0.0679. The lowest BCUT2D eigenvalue weighted by atomic mass is 10.4.